The topological polar surface area (TPSA) is 64.2 Å². The smallest absolute Gasteiger partial charge is 0.276 e. The Morgan fingerprint density at radius 3 is 2.56 bits per heavy atom. The summed E-state index contributed by atoms with van der Waals surface area (Å²) in [5.74, 6) is 0.396. The van der Waals surface area contributed by atoms with Crippen molar-refractivity contribution in [3.05, 3.63) is 90.4 Å². The first-order chi connectivity index (χ1) is 13.2. The number of carbonyl (C=O) groups excluding carboxylic acids is 1. The van der Waals surface area contributed by atoms with Crippen molar-refractivity contribution in [3.63, 3.8) is 0 Å². The Morgan fingerprint density at radius 1 is 1.07 bits per heavy atom. The first kappa shape index (κ1) is 16.8. The highest BCUT2D eigenvalue weighted by molar-refractivity contribution is 5.92. The number of nitrogens with zero attached hydrogens (tertiary/aromatic N) is 4. The van der Waals surface area contributed by atoms with E-state index in [-0.39, 0.29) is 5.91 Å². The van der Waals surface area contributed by atoms with E-state index in [9.17, 15) is 4.79 Å². The third kappa shape index (κ3) is 3.64. The number of hydrogen-bond acceptors (Lipinski definition) is 4. The summed E-state index contributed by atoms with van der Waals surface area (Å²) in [5.41, 5.74) is 3.18. The van der Waals surface area contributed by atoms with Crippen LogP contribution in [0.2, 0.25) is 0 Å². The van der Waals surface area contributed by atoms with Gasteiger partial charge in [-0.15, -0.1) is 0 Å². The molecule has 0 spiro atoms. The van der Waals surface area contributed by atoms with Gasteiger partial charge in [0.05, 0.1) is 5.69 Å². The van der Waals surface area contributed by atoms with E-state index in [1.807, 2.05) is 66.9 Å². The molecule has 27 heavy (non-hydrogen) atoms. The van der Waals surface area contributed by atoms with Crippen molar-refractivity contribution in [1.29, 1.82) is 0 Å². The van der Waals surface area contributed by atoms with E-state index in [0.717, 1.165) is 16.8 Å². The highest BCUT2D eigenvalue weighted by Crippen LogP contribution is 2.20. The van der Waals surface area contributed by atoms with E-state index in [0.29, 0.717) is 18.0 Å². The molecule has 0 radical (unpaired) electrons. The van der Waals surface area contributed by atoms with Crippen LogP contribution >= 0.6 is 0 Å². The number of hydrogen-bond donors (Lipinski definition) is 0. The van der Waals surface area contributed by atoms with Gasteiger partial charge in [0.15, 0.2) is 11.5 Å². The zero-order valence-corrected chi connectivity index (χ0v) is 14.8. The van der Waals surface area contributed by atoms with Gasteiger partial charge < -0.3 is 9.42 Å². The highest BCUT2D eigenvalue weighted by atomic mass is 16.5. The average Bonchev–Trinajstić information content (AvgIpc) is 3.41. The van der Waals surface area contributed by atoms with E-state index in [1.165, 1.54) is 0 Å². The van der Waals surface area contributed by atoms with Crippen LogP contribution in [0.4, 0.5) is 0 Å². The van der Waals surface area contributed by atoms with Crippen LogP contribution in [0.25, 0.3) is 17.0 Å². The SMILES string of the molecule is CN(Cc1ccc(-n2cccn2)cc1)C(=O)c1cc(-c2ccccc2)on1. The van der Waals surface area contributed by atoms with Crippen molar-refractivity contribution in [2.75, 3.05) is 7.05 Å². The average molecular weight is 358 g/mol. The number of aromatic nitrogens is 3. The molecule has 0 saturated carbocycles. The maximum Gasteiger partial charge on any atom is 0.276 e. The summed E-state index contributed by atoms with van der Waals surface area (Å²) in [6.07, 6.45) is 3.63. The summed E-state index contributed by atoms with van der Waals surface area (Å²) >= 11 is 0. The van der Waals surface area contributed by atoms with E-state index < -0.39 is 0 Å². The lowest BCUT2D eigenvalue weighted by atomic mass is 10.1. The maximum atomic E-state index is 12.6. The van der Waals surface area contributed by atoms with Crippen LogP contribution in [0.5, 0.6) is 0 Å². The Hall–Kier alpha value is -3.67. The van der Waals surface area contributed by atoms with Crippen LogP contribution < -0.4 is 0 Å². The highest BCUT2D eigenvalue weighted by Gasteiger charge is 2.18. The van der Waals surface area contributed by atoms with Crippen LogP contribution in [0.15, 0.2) is 83.6 Å². The summed E-state index contributed by atoms with van der Waals surface area (Å²) in [6.45, 7) is 0.478. The Balaban J connectivity index is 1.44. The predicted octanol–water partition coefficient (Wildman–Crippen LogP) is 3.80. The summed E-state index contributed by atoms with van der Waals surface area (Å²) in [4.78, 5) is 14.3. The monoisotopic (exact) mass is 358 g/mol. The fourth-order valence-corrected chi connectivity index (χ4v) is 2.83. The summed E-state index contributed by atoms with van der Waals surface area (Å²) in [7, 11) is 1.75. The Kier molecular flexibility index (Phi) is 4.53. The standard InChI is InChI=1S/C21H18N4O2/c1-24(15-16-8-10-18(11-9-16)25-13-5-12-22-25)21(26)19-14-20(27-23-19)17-6-3-2-4-7-17/h2-14H,15H2,1H3. The van der Waals surface area contributed by atoms with Crippen LogP contribution in [0, 0.1) is 0 Å². The van der Waals surface area contributed by atoms with Gasteiger partial charge in [0.2, 0.25) is 0 Å². The second kappa shape index (κ2) is 7.29. The van der Waals surface area contributed by atoms with Crippen molar-refractivity contribution < 1.29 is 9.32 Å². The van der Waals surface area contributed by atoms with Crippen LogP contribution in [-0.4, -0.2) is 32.8 Å². The first-order valence-electron chi connectivity index (χ1n) is 8.57. The minimum Gasteiger partial charge on any atom is -0.355 e. The molecule has 0 fully saturated rings. The first-order valence-corrected chi connectivity index (χ1v) is 8.57. The molecule has 6 nitrogen and oxygen atoms in total. The molecule has 0 N–H and O–H groups in total. The molecule has 1 amide bonds. The number of carbonyl (C=O) groups is 1. The molecule has 0 bridgehead atoms. The minimum atomic E-state index is -0.183. The summed E-state index contributed by atoms with van der Waals surface area (Å²) < 4.78 is 7.11. The molecule has 0 aliphatic heterocycles. The second-order valence-electron chi connectivity index (χ2n) is 6.22. The van der Waals surface area contributed by atoms with E-state index in [4.69, 9.17) is 4.52 Å². The largest absolute Gasteiger partial charge is 0.355 e. The van der Waals surface area contributed by atoms with Crippen LogP contribution in [-0.2, 0) is 6.54 Å². The van der Waals surface area contributed by atoms with Gasteiger partial charge in [-0.05, 0) is 23.8 Å². The van der Waals surface area contributed by atoms with Crippen molar-refractivity contribution in [1.82, 2.24) is 19.8 Å². The zero-order valence-electron chi connectivity index (χ0n) is 14.8. The van der Waals surface area contributed by atoms with Gasteiger partial charge in [0, 0.05) is 37.6 Å². The third-order valence-electron chi connectivity index (χ3n) is 4.26. The van der Waals surface area contributed by atoms with Crippen LogP contribution in [0.3, 0.4) is 0 Å². The predicted molar refractivity (Wildman–Crippen MR) is 101 cm³/mol. The molecule has 0 atom stereocenters. The van der Waals surface area contributed by atoms with E-state index >= 15 is 0 Å². The van der Waals surface area contributed by atoms with Crippen molar-refractivity contribution >= 4 is 5.91 Å². The Morgan fingerprint density at radius 2 is 1.85 bits per heavy atom. The molecule has 2 heterocycles. The third-order valence-corrected chi connectivity index (χ3v) is 4.26. The number of rotatable bonds is 5. The quantitative estimate of drug-likeness (QED) is 0.544. The Labute approximate surface area is 156 Å². The molecule has 0 saturated heterocycles. The van der Waals surface area contributed by atoms with Gasteiger partial charge in [-0.3, -0.25) is 4.79 Å². The molecular weight excluding hydrogens is 340 g/mol. The van der Waals surface area contributed by atoms with Gasteiger partial charge >= 0.3 is 0 Å². The molecular formula is C21H18N4O2. The van der Waals surface area contributed by atoms with Crippen molar-refractivity contribution in [3.8, 4) is 17.0 Å². The van der Waals surface area contributed by atoms with E-state index in [1.54, 1.807) is 28.9 Å². The maximum absolute atomic E-state index is 12.6. The van der Waals surface area contributed by atoms with Crippen molar-refractivity contribution in [2.45, 2.75) is 6.54 Å². The summed E-state index contributed by atoms with van der Waals surface area (Å²) in [5, 5.41) is 8.13. The molecule has 134 valence electrons. The molecule has 2 aromatic carbocycles. The van der Waals surface area contributed by atoms with Gasteiger partial charge in [-0.2, -0.15) is 5.10 Å². The molecule has 4 rings (SSSR count). The van der Waals surface area contributed by atoms with Crippen molar-refractivity contribution in [2.24, 2.45) is 0 Å². The second-order valence-corrected chi connectivity index (χ2v) is 6.22. The summed E-state index contributed by atoms with van der Waals surface area (Å²) in [6, 6.07) is 21.1. The molecule has 4 aromatic rings. The molecule has 0 unspecified atom stereocenters. The normalized spacial score (nSPS) is 10.7. The lowest BCUT2D eigenvalue weighted by Crippen LogP contribution is -2.26. The molecule has 2 aromatic heterocycles. The molecule has 6 heteroatoms. The number of amides is 1. The van der Waals surface area contributed by atoms with E-state index in [2.05, 4.69) is 10.3 Å². The molecule has 0 aliphatic rings. The van der Waals surface area contributed by atoms with Gasteiger partial charge in [-0.25, -0.2) is 4.68 Å². The fourth-order valence-electron chi connectivity index (χ4n) is 2.83. The van der Waals surface area contributed by atoms with Crippen LogP contribution in [0.1, 0.15) is 16.1 Å². The minimum absolute atomic E-state index is 0.183. The van der Waals surface area contributed by atoms with Gasteiger partial charge in [0.25, 0.3) is 5.91 Å². The lowest BCUT2D eigenvalue weighted by molar-refractivity contribution is 0.0775. The van der Waals surface area contributed by atoms with Gasteiger partial charge in [-0.1, -0.05) is 47.6 Å². The van der Waals surface area contributed by atoms with Gasteiger partial charge in [0.1, 0.15) is 0 Å². The lowest BCUT2D eigenvalue weighted by Gasteiger charge is -2.16. The zero-order chi connectivity index (χ0) is 18.6. The fraction of sp³-hybridized carbons (Fsp3) is 0.0952. The number of benzene rings is 2. The molecule has 0 aliphatic carbocycles. The Bertz CT molecular complexity index is 1020.